The van der Waals surface area contributed by atoms with Gasteiger partial charge in [0.1, 0.15) is 5.82 Å². The van der Waals surface area contributed by atoms with E-state index in [0.29, 0.717) is 12.5 Å². The van der Waals surface area contributed by atoms with Gasteiger partial charge in [0.05, 0.1) is 11.0 Å². The van der Waals surface area contributed by atoms with Crippen LogP contribution in [0.2, 0.25) is 0 Å². The lowest BCUT2D eigenvalue weighted by Crippen LogP contribution is -2.03. The lowest BCUT2D eigenvalue weighted by molar-refractivity contribution is 0.827. The summed E-state index contributed by atoms with van der Waals surface area (Å²) < 4.78 is 2.30. The summed E-state index contributed by atoms with van der Waals surface area (Å²) in [5.41, 5.74) is 12.8. The summed E-state index contributed by atoms with van der Waals surface area (Å²) in [5, 5.41) is 0. The molecule has 1 heterocycles. The van der Waals surface area contributed by atoms with Gasteiger partial charge >= 0.3 is 0 Å². The molecule has 4 rings (SSSR count). The summed E-state index contributed by atoms with van der Waals surface area (Å²) in [7, 11) is 0. The van der Waals surface area contributed by atoms with Gasteiger partial charge < -0.3 is 10.3 Å². The largest absolute Gasteiger partial charge is 0.326 e. The number of rotatable bonds is 5. The molecule has 3 aromatic carbocycles. The number of para-hydroxylation sites is 2. The zero-order valence-electron chi connectivity index (χ0n) is 15.9. The van der Waals surface area contributed by atoms with Gasteiger partial charge in [0, 0.05) is 18.7 Å². The first-order valence-electron chi connectivity index (χ1n) is 9.49. The maximum absolute atomic E-state index is 5.74. The minimum atomic E-state index is 0.546. The monoisotopic (exact) mass is 355 g/mol. The molecular formula is C24H25N3. The fraction of sp³-hybridized carbons (Fsp3) is 0.208. The number of fused-ring (bicyclic) bond motifs is 1. The quantitative estimate of drug-likeness (QED) is 0.525. The Kier molecular flexibility index (Phi) is 4.78. The number of benzene rings is 3. The predicted molar refractivity (Wildman–Crippen MR) is 113 cm³/mol. The van der Waals surface area contributed by atoms with E-state index in [1.807, 2.05) is 6.07 Å². The van der Waals surface area contributed by atoms with Crippen molar-refractivity contribution >= 4 is 11.0 Å². The molecule has 136 valence electrons. The van der Waals surface area contributed by atoms with E-state index in [0.717, 1.165) is 34.5 Å². The van der Waals surface area contributed by atoms with Crippen molar-refractivity contribution in [3.63, 3.8) is 0 Å². The van der Waals surface area contributed by atoms with Crippen molar-refractivity contribution < 1.29 is 0 Å². The molecule has 0 unspecified atom stereocenters. The normalized spacial score (nSPS) is 11.4. The van der Waals surface area contributed by atoms with Crippen molar-refractivity contribution in [1.82, 2.24) is 9.55 Å². The van der Waals surface area contributed by atoms with Crippen LogP contribution in [0.25, 0.3) is 22.4 Å². The van der Waals surface area contributed by atoms with E-state index in [1.165, 1.54) is 11.1 Å². The first kappa shape index (κ1) is 17.5. The Balaban J connectivity index is 1.77. The van der Waals surface area contributed by atoms with Crippen LogP contribution in [0.15, 0.2) is 72.8 Å². The van der Waals surface area contributed by atoms with Crippen LogP contribution in [0, 0.1) is 0 Å². The zero-order chi connectivity index (χ0) is 18.8. The van der Waals surface area contributed by atoms with Crippen molar-refractivity contribution in [2.75, 3.05) is 0 Å². The Hall–Kier alpha value is -2.91. The summed E-state index contributed by atoms with van der Waals surface area (Å²) in [6.45, 7) is 5.80. The highest BCUT2D eigenvalue weighted by Crippen LogP contribution is 2.26. The topological polar surface area (TPSA) is 43.8 Å². The van der Waals surface area contributed by atoms with Gasteiger partial charge in [-0.25, -0.2) is 4.98 Å². The number of nitrogens with zero attached hydrogens (tertiary/aromatic N) is 2. The van der Waals surface area contributed by atoms with Gasteiger partial charge in [-0.3, -0.25) is 0 Å². The summed E-state index contributed by atoms with van der Waals surface area (Å²) in [4.78, 5) is 4.91. The van der Waals surface area contributed by atoms with Crippen LogP contribution >= 0.6 is 0 Å². The fourth-order valence-corrected chi connectivity index (χ4v) is 3.44. The van der Waals surface area contributed by atoms with Gasteiger partial charge in [-0.05, 0) is 34.7 Å². The zero-order valence-corrected chi connectivity index (χ0v) is 15.9. The lowest BCUT2D eigenvalue weighted by Gasteiger charge is -2.12. The summed E-state index contributed by atoms with van der Waals surface area (Å²) in [5.74, 6) is 1.54. The maximum Gasteiger partial charge on any atom is 0.141 e. The number of hydrogen-bond donors (Lipinski definition) is 1. The Morgan fingerprint density at radius 2 is 1.52 bits per heavy atom. The molecule has 4 aromatic rings. The Bertz CT molecular complexity index is 1040. The predicted octanol–water partition coefficient (Wildman–Crippen LogP) is 5.33. The average molecular weight is 355 g/mol. The third kappa shape index (κ3) is 3.51. The summed E-state index contributed by atoms with van der Waals surface area (Å²) >= 11 is 0. The van der Waals surface area contributed by atoms with Gasteiger partial charge in [-0.2, -0.15) is 0 Å². The van der Waals surface area contributed by atoms with E-state index < -0.39 is 0 Å². The number of aromatic nitrogens is 2. The molecule has 0 radical (unpaired) electrons. The summed E-state index contributed by atoms with van der Waals surface area (Å²) in [6.07, 6.45) is 0. The van der Waals surface area contributed by atoms with Gasteiger partial charge in [0.15, 0.2) is 0 Å². The Morgan fingerprint density at radius 3 is 2.19 bits per heavy atom. The average Bonchev–Trinajstić information content (AvgIpc) is 3.07. The minimum Gasteiger partial charge on any atom is -0.326 e. The molecular weight excluding hydrogens is 330 g/mol. The molecule has 3 heteroatoms. The van der Waals surface area contributed by atoms with E-state index in [9.17, 15) is 0 Å². The second-order valence-electron chi connectivity index (χ2n) is 7.31. The Morgan fingerprint density at radius 1 is 0.852 bits per heavy atom. The van der Waals surface area contributed by atoms with Gasteiger partial charge in [-0.1, -0.05) is 74.5 Å². The SMILES string of the molecule is CC(C)c1ccc(Cn2c(-c3ccc(CN)cc3)nc3ccccc32)cc1. The van der Waals surface area contributed by atoms with Crippen LogP contribution in [0.5, 0.6) is 0 Å². The second-order valence-corrected chi connectivity index (χ2v) is 7.31. The molecule has 0 saturated carbocycles. The van der Waals surface area contributed by atoms with E-state index in [2.05, 4.69) is 85.1 Å². The van der Waals surface area contributed by atoms with Crippen LogP contribution in [0.1, 0.15) is 36.5 Å². The highest BCUT2D eigenvalue weighted by atomic mass is 15.1. The van der Waals surface area contributed by atoms with Crippen molar-refractivity contribution in [3.05, 3.63) is 89.5 Å². The van der Waals surface area contributed by atoms with E-state index in [4.69, 9.17) is 10.7 Å². The molecule has 1 aromatic heterocycles. The number of hydrogen-bond acceptors (Lipinski definition) is 2. The first-order chi connectivity index (χ1) is 13.2. The molecule has 0 aliphatic heterocycles. The molecule has 0 fully saturated rings. The third-order valence-corrected chi connectivity index (χ3v) is 5.09. The molecule has 0 spiro atoms. The summed E-state index contributed by atoms with van der Waals surface area (Å²) in [6, 6.07) is 25.6. The van der Waals surface area contributed by atoms with Crippen molar-refractivity contribution in [3.8, 4) is 11.4 Å². The van der Waals surface area contributed by atoms with Crippen molar-refractivity contribution in [1.29, 1.82) is 0 Å². The highest BCUT2D eigenvalue weighted by molar-refractivity contribution is 5.80. The molecule has 0 saturated heterocycles. The second kappa shape index (κ2) is 7.37. The van der Waals surface area contributed by atoms with Crippen molar-refractivity contribution in [2.45, 2.75) is 32.9 Å². The van der Waals surface area contributed by atoms with Crippen LogP contribution in [0.4, 0.5) is 0 Å². The van der Waals surface area contributed by atoms with E-state index in [1.54, 1.807) is 0 Å². The molecule has 2 N–H and O–H groups in total. The van der Waals surface area contributed by atoms with E-state index in [-0.39, 0.29) is 0 Å². The number of nitrogens with two attached hydrogens (primary N) is 1. The molecule has 0 aliphatic rings. The standard InChI is InChI=1S/C24H25N3/c1-17(2)20-11-9-19(10-12-20)16-27-23-6-4-3-5-22(23)26-24(27)21-13-7-18(15-25)8-14-21/h3-14,17H,15-16,25H2,1-2H3. The molecule has 27 heavy (non-hydrogen) atoms. The van der Waals surface area contributed by atoms with Crippen LogP contribution in [0.3, 0.4) is 0 Å². The minimum absolute atomic E-state index is 0.546. The molecule has 0 aliphatic carbocycles. The van der Waals surface area contributed by atoms with Crippen LogP contribution < -0.4 is 5.73 Å². The molecule has 0 amide bonds. The van der Waals surface area contributed by atoms with Crippen LogP contribution in [-0.4, -0.2) is 9.55 Å². The highest BCUT2D eigenvalue weighted by Gasteiger charge is 2.13. The first-order valence-corrected chi connectivity index (χ1v) is 9.49. The number of imidazole rings is 1. The molecule has 0 bridgehead atoms. The molecule has 3 nitrogen and oxygen atoms in total. The maximum atomic E-state index is 5.74. The van der Waals surface area contributed by atoms with Gasteiger partial charge in [0.25, 0.3) is 0 Å². The fourth-order valence-electron chi connectivity index (χ4n) is 3.44. The smallest absolute Gasteiger partial charge is 0.141 e. The van der Waals surface area contributed by atoms with Crippen molar-refractivity contribution in [2.24, 2.45) is 5.73 Å². The lowest BCUT2D eigenvalue weighted by atomic mass is 10.0. The third-order valence-electron chi connectivity index (χ3n) is 5.09. The van der Waals surface area contributed by atoms with Gasteiger partial charge in [0.2, 0.25) is 0 Å². The van der Waals surface area contributed by atoms with Gasteiger partial charge in [-0.15, -0.1) is 0 Å². The molecule has 0 atom stereocenters. The van der Waals surface area contributed by atoms with E-state index >= 15 is 0 Å². The Labute approximate surface area is 160 Å². The van der Waals surface area contributed by atoms with Crippen LogP contribution in [-0.2, 0) is 13.1 Å².